The summed E-state index contributed by atoms with van der Waals surface area (Å²) in [4.78, 5) is 33.2. The number of carbonyl (C=O) groups is 3. The molecule has 0 saturated heterocycles. The second kappa shape index (κ2) is 6.55. The van der Waals surface area contributed by atoms with Crippen molar-refractivity contribution in [3.8, 4) is 0 Å². The Hall–Kier alpha value is -2.58. The van der Waals surface area contributed by atoms with Gasteiger partial charge < -0.3 is 21.5 Å². The zero-order chi connectivity index (χ0) is 15.3. The fourth-order valence-electron chi connectivity index (χ4n) is 1.41. The SMILES string of the molecule is CC(C)n1cc(NC(=O)N[C@H](CC(N)=O)C(=O)O)cn1. The Labute approximate surface area is 115 Å². The predicted octanol–water partition coefficient (Wildman–Crippen LogP) is -0.0859. The van der Waals surface area contributed by atoms with Gasteiger partial charge in [0.05, 0.1) is 18.3 Å². The first-order chi connectivity index (χ1) is 9.29. The zero-order valence-electron chi connectivity index (χ0n) is 11.2. The summed E-state index contributed by atoms with van der Waals surface area (Å²) in [6, 6.07) is -1.98. The average Bonchev–Trinajstić information content (AvgIpc) is 2.75. The van der Waals surface area contributed by atoms with Crippen LogP contribution in [0, 0.1) is 0 Å². The number of hydrogen-bond acceptors (Lipinski definition) is 4. The molecule has 20 heavy (non-hydrogen) atoms. The number of aliphatic carboxylic acids is 1. The molecule has 9 heteroatoms. The number of aromatic nitrogens is 2. The highest BCUT2D eigenvalue weighted by molar-refractivity contribution is 5.93. The summed E-state index contributed by atoms with van der Waals surface area (Å²) in [5, 5.41) is 17.4. The van der Waals surface area contributed by atoms with Gasteiger partial charge in [-0.05, 0) is 13.8 Å². The first-order valence-corrected chi connectivity index (χ1v) is 5.92. The number of primary amides is 1. The maximum absolute atomic E-state index is 11.6. The molecule has 0 unspecified atom stereocenters. The van der Waals surface area contributed by atoms with E-state index < -0.39 is 30.4 Å². The molecule has 3 amide bonds. The summed E-state index contributed by atoms with van der Waals surface area (Å²) in [5.41, 5.74) is 5.32. The normalized spacial score (nSPS) is 11.9. The van der Waals surface area contributed by atoms with Crippen LogP contribution in [0.5, 0.6) is 0 Å². The van der Waals surface area contributed by atoms with Crippen LogP contribution in [0.4, 0.5) is 10.5 Å². The smallest absolute Gasteiger partial charge is 0.326 e. The first-order valence-electron chi connectivity index (χ1n) is 5.92. The van der Waals surface area contributed by atoms with Crippen LogP contribution in [0.15, 0.2) is 12.4 Å². The minimum Gasteiger partial charge on any atom is -0.480 e. The van der Waals surface area contributed by atoms with Gasteiger partial charge in [-0.1, -0.05) is 0 Å². The van der Waals surface area contributed by atoms with Gasteiger partial charge >= 0.3 is 12.0 Å². The lowest BCUT2D eigenvalue weighted by Crippen LogP contribution is -2.45. The molecule has 0 radical (unpaired) electrons. The number of carboxylic acid groups (broad SMARTS) is 1. The summed E-state index contributed by atoms with van der Waals surface area (Å²) in [6.45, 7) is 3.84. The van der Waals surface area contributed by atoms with Crippen LogP contribution in [0.1, 0.15) is 26.3 Å². The number of nitrogens with one attached hydrogen (secondary N) is 2. The number of nitrogens with zero attached hydrogens (tertiary/aromatic N) is 2. The molecule has 1 atom stereocenters. The van der Waals surface area contributed by atoms with Crippen molar-refractivity contribution >= 4 is 23.6 Å². The number of nitrogens with two attached hydrogens (primary N) is 1. The number of anilines is 1. The van der Waals surface area contributed by atoms with E-state index in [1.807, 2.05) is 13.8 Å². The number of urea groups is 1. The lowest BCUT2D eigenvalue weighted by Gasteiger charge is -2.12. The summed E-state index contributed by atoms with van der Waals surface area (Å²) < 4.78 is 1.63. The molecule has 9 nitrogen and oxygen atoms in total. The predicted molar refractivity (Wildman–Crippen MR) is 70.0 cm³/mol. The van der Waals surface area contributed by atoms with Crippen LogP contribution in [-0.4, -0.2) is 38.8 Å². The highest BCUT2D eigenvalue weighted by atomic mass is 16.4. The Kier molecular flexibility index (Phi) is 5.07. The molecule has 0 spiro atoms. The van der Waals surface area contributed by atoms with Gasteiger partial charge in [-0.3, -0.25) is 9.48 Å². The zero-order valence-corrected chi connectivity index (χ0v) is 11.2. The van der Waals surface area contributed by atoms with Crippen LogP contribution < -0.4 is 16.4 Å². The van der Waals surface area contributed by atoms with Crippen molar-refractivity contribution in [3.05, 3.63) is 12.4 Å². The Morgan fingerprint density at radius 1 is 1.45 bits per heavy atom. The van der Waals surface area contributed by atoms with E-state index in [4.69, 9.17) is 10.8 Å². The number of carbonyl (C=O) groups excluding carboxylic acids is 2. The summed E-state index contributed by atoms with van der Waals surface area (Å²) >= 11 is 0. The van der Waals surface area contributed by atoms with E-state index in [1.54, 1.807) is 10.9 Å². The molecular formula is C11H17N5O4. The molecule has 1 aromatic rings. The van der Waals surface area contributed by atoms with Crippen molar-refractivity contribution in [1.82, 2.24) is 15.1 Å². The lowest BCUT2D eigenvalue weighted by molar-refractivity contribution is -0.140. The fourth-order valence-corrected chi connectivity index (χ4v) is 1.41. The largest absolute Gasteiger partial charge is 0.480 e. The number of hydrogen-bond donors (Lipinski definition) is 4. The Balaban J connectivity index is 2.60. The third kappa shape index (κ3) is 4.59. The van der Waals surface area contributed by atoms with Crippen molar-refractivity contribution in [1.29, 1.82) is 0 Å². The maximum atomic E-state index is 11.6. The molecule has 0 fully saturated rings. The van der Waals surface area contributed by atoms with Crippen molar-refractivity contribution in [2.24, 2.45) is 5.73 Å². The third-order valence-corrected chi connectivity index (χ3v) is 2.40. The molecule has 0 aromatic carbocycles. The van der Waals surface area contributed by atoms with Gasteiger partial charge in [0.15, 0.2) is 0 Å². The molecule has 1 aromatic heterocycles. The van der Waals surface area contributed by atoms with Gasteiger partial charge in [-0.2, -0.15) is 5.10 Å². The van der Waals surface area contributed by atoms with Gasteiger partial charge in [0, 0.05) is 12.2 Å². The molecule has 0 aliphatic carbocycles. The van der Waals surface area contributed by atoms with E-state index in [2.05, 4.69) is 15.7 Å². The van der Waals surface area contributed by atoms with Gasteiger partial charge in [-0.15, -0.1) is 0 Å². The van der Waals surface area contributed by atoms with E-state index in [-0.39, 0.29) is 6.04 Å². The van der Waals surface area contributed by atoms with Crippen LogP contribution in [0.25, 0.3) is 0 Å². The van der Waals surface area contributed by atoms with E-state index in [0.717, 1.165) is 0 Å². The molecule has 0 saturated carbocycles. The highest BCUT2D eigenvalue weighted by Crippen LogP contribution is 2.09. The van der Waals surface area contributed by atoms with E-state index in [0.29, 0.717) is 5.69 Å². The van der Waals surface area contributed by atoms with Crippen LogP contribution >= 0.6 is 0 Å². The fraction of sp³-hybridized carbons (Fsp3) is 0.455. The molecular weight excluding hydrogens is 266 g/mol. The van der Waals surface area contributed by atoms with Crippen LogP contribution in [0.2, 0.25) is 0 Å². The minimum absolute atomic E-state index is 0.134. The monoisotopic (exact) mass is 283 g/mol. The molecule has 0 aliphatic rings. The molecule has 0 bridgehead atoms. The molecule has 1 rings (SSSR count). The van der Waals surface area contributed by atoms with Gasteiger partial charge in [0.25, 0.3) is 0 Å². The number of rotatable bonds is 6. The minimum atomic E-state index is -1.37. The Bertz CT molecular complexity index is 511. The van der Waals surface area contributed by atoms with Gasteiger partial charge in [0.2, 0.25) is 5.91 Å². The van der Waals surface area contributed by atoms with Crippen molar-refractivity contribution in [2.45, 2.75) is 32.4 Å². The lowest BCUT2D eigenvalue weighted by atomic mass is 10.2. The Morgan fingerprint density at radius 2 is 2.10 bits per heavy atom. The summed E-state index contributed by atoms with van der Waals surface area (Å²) in [5.74, 6) is -2.15. The topological polar surface area (TPSA) is 139 Å². The van der Waals surface area contributed by atoms with Crippen molar-refractivity contribution in [3.63, 3.8) is 0 Å². The molecule has 0 aliphatic heterocycles. The van der Waals surface area contributed by atoms with Gasteiger partial charge in [0.1, 0.15) is 6.04 Å². The molecule has 110 valence electrons. The Morgan fingerprint density at radius 3 is 2.55 bits per heavy atom. The second-order valence-corrected chi connectivity index (χ2v) is 4.46. The van der Waals surface area contributed by atoms with Crippen LogP contribution in [0.3, 0.4) is 0 Å². The van der Waals surface area contributed by atoms with Crippen LogP contribution in [-0.2, 0) is 9.59 Å². The van der Waals surface area contributed by atoms with E-state index in [1.165, 1.54) is 6.20 Å². The third-order valence-electron chi connectivity index (χ3n) is 2.40. The second-order valence-electron chi connectivity index (χ2n) is 4.46. The number of carboxylic acids is 1. The quantitative estimate of drug-likeness (QED) is 0.578. The molecule has 1 heterocycles. The van der Waals surface area contributed by atoms with Gasteiger partial charge in [-0.25, -0.2) is 9.59 Å². The summed E-state index contributed by atoms with van der Waals surface area (Å²) in [6.07, 6.45) is 2.56. The van der Waals surface area contributed by atoms with Crippen molar-refractivity contribution in [2.75, 3.05) is 5.32 Å². The average molecular weight is 283 g/mol. The van der Waals surface area contributed by atoms with E-state index >= 15 is 0 Å². The summed E-state index contributed by atoms with van der Waals surface area (Å²) in [7, 11) is 0. The van der Waals surface area contributed by atoms with Crippen molar-refractivity contribution < 1.29 is 19.5 Å². The maximum Gasteiger partial charge on any atom is 0.326 e. The highest BCUT2D eigenvalue weighted by Gasteiger charge is 2.22. The van der Waals surface area contributed by atoms with E-state index in [9.17, 15) is 14.4 Å². The molecule has 5 N–H and O–H groups in total. The first kappa shape index (κ1) is 15.5. The number of amides is 3. The standard InChI is InChI=1S/C11H17N5O4/c1-6(2)16-5-7(4-13-16)14-11(20)15-8(10(18)19)3-9(12)17/h4-6,8H,3H2,1-2H3,(H2,12,17)(H,18,19)(H2,14,15,20)/t8-/m1/s1.